The number of halogens is 1. The number of rotatable bonds is 2. The molecule has 1 aromatic heterocycles. The summed E-state index contributed by atoms with van der Waals surface area (Å²) in [6.07, 6.45) is 2.46. The van der Waals surface area contributed by atoms with Crippen LogP contribution in [0.25, 0.3) is 0 Å². The van der Waals surface area contributed by atoms with E-state index in [4.69, 9.17) is 16.0 Å². The first kappa shape index (κ1) is 11.4. The first-order valence-electron chi connectivity index (χ1n) is 5.84. The number of fused-ring (bicyclic) bond motifs is 1. The lowest BCUT2D eigenvalue weighted by atomic mass is 9.96. The topological polar surface area (TPSA) is 42.2 Å². The number of carbonyl (C=O) groups is 1. The average molecular weight is 262 g/mol. The molecule has 3 nitrogen and oxygen atoms in total. The summed E-state index contributed by atoms with van der Waals surface area (Å²) in [7, 11) is 0. The van der Waals surface area contributed by atoms with Crippen molar-refractivity contribution < 1.29 is 9.21 Å². The molecule has 0 aliphatic carbocycles. The van der Waals surface area contributed by atoms with E-state index in [1.807, 2.05) is 24.3 Å². The second-order valence-electron chi connectivity index (χ2n) is 4.30. The molecule has 0 radical (unpaired) electrons. The van der Waals surface area contributed by atoms with Gasteiger partial charge in [-0.05, 0) is 35.7 Å². The Bertz CT molecular complexity index is 577. The highest BCUT2D eigenvalue weighted by atomic mass is 35.5. The number of hydrogen-bond acceptors (Lipinski definition) is 2. The first-order chi connectivity index (χ1) is 8.75. The molecule has 1 N–H and O–H groups in total. The summed E-state index contributed by atoms with van der Waals surface area (Å²) in [6, 6.07) is 9.41. The maximum absolute atomic E-state index is 11.8. The van der Waals surface area contributed by atoms with Crippen LogP contribution in [0.15, 0.2) is 41.0 Å². The minimum absolute atomic E-state index is 0.0265. The van der Waals surface area contributed by atoms with Crippen molar-refractivity contribution in [1.82, 2.24) is 5.32 Å². The van der Waals surface area contributed by atoms with Crippen molar-refractivity contribution in [3.05, 3.63) is 59.0 Å². The predicted octanol–water partition coefficient (Wildman–Crippen LogP) is 2.89. The molecule has 1 aromatic carbocycles. The number of furan rings is 1. The molecule has 0 saturated heterocycles. The highest BCUT2D eigenvalue weighted by Crippen LogP contribution is 2.30. The maximum Gasteiger partial charge on any atom is 0.251 e. The Morgan fingerprint density at radius 2 is 2.22 bits per heavy atom. The summed E-state index contributed by atoms with van der Waals surface area (Å²) >= 11 is 6.34. The number of carbonyl (C=O) groups excluding carboxylic acids is 1. The Morgan fingerprint density at radius 3 is 3.00 bits per heavy atom. The van der Waals surface area contributed by atoms with Crippen molar-refractivity contribution in [2.24, 2.45) is 0 Å². The van der Waals surface area contributed by atoms with Gasteiger partial charge in [-0.1, -0.05) is 12.1 Å². The van der Waals surface area contributed by atoms with E-state index in [1.165, 1.54) is 0 Å². The van der Waals surface area contributed by atoms with Crippen LogP contribution in [-0.2, 0) is 6.42 Å². The van der Waals surface area contributed by atoms with E-state index in [1.54, 1.807) is 12.3 Å². The molecular formula is C14H12ClNO2. The third-order valence-electron chi connectivity index (χ3n) is 3.14. The predicted molar refractivity (Wildman–Crippen MR) is 68.9 cm³/mol. The molecule has 2 heterocycles. The smallest absolute Gasteiger partial charge is 0.251 e. The minimum Gasteiger partial charge on any atom is -0.467 e. The van der Waals surface area contributed by atoms with E-state index in [2.05, 4.69) is 5.32 Å². The summed E-state index contributed by atoms with van der Waals surface area (Å²) in [5.41, 5.74) is 2.67. The zero-order valence-corrected chi connectivity index (χ0v) is 10.4. The van der Waals surface area contributed by atoms with Gasteiger partial charge in [0, 0.05) is 12.1 Å². The fourth-order valence-corrected chi connectivity index (χ4v) is 2.45. The average Bonchev–Trinajstić information content (AvgIpc) is 2.92. The zero-order chi connectivity index (χ0) is 12.5. The standard InChI is InChI=1S/C14H12ClNO2/c15-13(12-2-1-7-18-12)10-4-3-9-5-6-16-14(17)11(9)8-10/h1-4,7-8,13H,5-6H2,(H,16,17). The Labute approximate surface area is 110 Å². The lowest BCUT2D eigenvalue weighted by Gasteiger charge is -2.18. The van der Waals surface area contributed by atoms with Crippen LogP contribution >= 0.6 is 11.6 Å². The van der Waals surface area contributed by atoms with Crippen molar-refractivity contribution >= 4 is 17.5 Å². The van der Waals surface area contributed by atoms with E-state index in [0.717, 1.165) is 23.1 Å². The van der Waals surface area contributed by atoms with Crippen molar-refractivity contribution in [1.29, 1.82) is 0 Å². The lowest BCUT2D eigenvalue weighted by Crippen LogP contribution is -2.31. The fourth-order valence-electron chi connectivity index (χ4n) is 2.19. The molecule has 0 spiro atoms. The molecule has 4 heteroatoms. The van der Waals surface area contributed by atoms with Crippen molar-refractivity contribution in [3.8, 4) is 0 Å². The molecule has 0 saturated carbocycles. The molecule has 2 aromatic rings. The van der Waals surface area contributed by atoms with Gasteiger partial charge in [0.1, 0.15) is 11.1 Å². The summed E-state index contributed by atoms with van der Waals surface area (Å²) in [6.45, 7) is 0.702. The van der Waals surface area contributed by atoms with Crippen LogP contribution in [0, 0.1) is 0 Å². The van der Waals surface area contributed by atoms with Crippen LogP contribution in [0.3, 0.4) is 0 Å². The van der Waals surface area contributed by atoms with Gasteiger partial charge in [-0.15, -0.1) is 11.6 Å². The third-order valence-corrected chi connectivity index (χ3v) is 3.61. The molecule has 18 heavy (non-hydrogen) atoms. The largest absolute Gasteiger partial charge is 0.467 e. The van der Waals surface area contributed by atoms with Gasteiger partial charge in [0.15, 0.2) is 0 Å². The van der Waals surface area contributed by atoms with Crippen molar-refractivity contribution in [2.75, 3.05) is 6.54 Å². The molecule has 1 amide bonds. The second kappa shape index (κ2) is 4.50. The summed E-state index contributed by atoms with van der Waals surface area (Å²) in [4.78, 5) is 11.8. The zero-order valence-electron chi connectivity index (χ0n) is 9.65. The van der Waals surface area contributed by atoms with E-state index < -0.39 is 0 Å². The molecule has 1 aliphatic heterocycles. The second-order valence-corrected chi connectivity index (χ2v) is 4.74. The Morgan fingerprint density at radius 1 is 1.33 bits per heavy atom. The molecule has 1 aliphatic rings. The van der Waals surface area contributed by atoms with Crippen LogP contribution in [0.2, 0.25) is 0 Å². The monoisotopic (exact) mass is 261 g/mol. The Kier molecular flexibility index (Phi) is 2.84. The van der Waals surface area contributed by atoms with Gasteiger partial charge in [0.05, 0.1) is 6.26 Å². The van der Waals surface area contributed by atoms with Crippen molar-refractivity contribution in [3.63, 3.8) is 0 Å². The molecule has 0 bridgehead atoms. The van der Waals surface area contributed by atoms with Gasteiger partial charge in [0.2, 0.25) is 0 Å². The number of hydrogen-bond donors (Lipinski definition) is 1. The van der Waals surface area contributed by atoms with E-state index >= 15 is 0 Å². The quantitative estimate of drug-likeness (QED) is 0.845. The number of amides is 1. The van der Waals surface area contributed by atoms with Crippen LogP contribution < -0.4 is 5.32 Å². The number of nitrogens with one attached hydrogen (secondary N) is 1. The van der Waals surface area contributed by atoms with Crippen LogP contribution in [0.5, 0.6) is 0 Å². The molecule has 0 fully saturated rings. The maximum atomic E-state index is 11.8. The fraction of sp³-hybridized carbons (Fsp3) is 0.214. The van der Waals surface area contributed by atoms with Crippen LogP contribution in [0.4, 0.5) is 0 Å². The Balaban J connectivity index is 1.99. The highest BCUT2D eigenvalue weighted by molar-refractivity contribution is 6.22. The SMILES string of the molecule is O=C1NCCc2ccc(C(Cl)c3ccco3)cc21. The van der Waals surface area contributed by atoms with E-state index in [9.17, 15) is 4.79 Å². The highest BCUT2D eigenvalue weighted by Gasteiger charge is 2.20. The summed E-state index contributed by atoms with van der Waals surface area (Å²) in [5, 5.41) is 2.47. The number of alkyl halides is 1. The Hall–Kier alpha value is -1.74. The van der Waals surface area contributed by atoms with Gasteiger partial charge < -0.3 is 9.73 Å². The van der Waals surface area contributed by atoms with E-state index in [0.29, 0.717) is 12.3 Å². The molecule has 3 rings (SSSR count). The first-order valence-corrected chi connectivity index (χ1v) is 6.28. The van der Waals surface area contributed by atoms with Gasteiger partial charge in [-0.25, -0.2) is 0 Å². The molecule has 1 unspecified atom stereocenters. The summed E-state index contributed by atoms with van der Waals surface area (Å²) < 4.78 is 5.29. The third kappa shape index (κ3) is 1.91. The molecule has 92 valence electrons. The van der Waals surface area contributed by atoms with Gasteiger partial charge in [-0.3, -0.25) is 4.79 Å². The molecular weight excluding hydrogens is 250 g/mol. The van der Waals surface area contributed by atoms with Crippen LogP contribution in [0.1, 0.15) is 32.6 Å². The minimum atomic E-state index is -0.361. The summed E-state index contributed by atoms with van der Waals surface area (Å²) in [5.74, 6) is 0.661. The van der Waals surface area contributed by atoms with Gasteiger partial charge in [0.25, 0.3) is 5.91 Å². The molecule has 1 atom stereocenters. The number of benzene rings is 1. The van der Waals surface area contributed by atoms with Crippen LogP contribution in [-0.4, -0.2) is 12.5 Å². The van der Waals surface area contributed by atoms with Crippen molar-refractivity contribution in [2.45, 2.75) is 11.8 Å². The normalized spacial score (nSPS) is 15.9. The lowest BCUT2D eigenvalue weighted by molar-refractivity contribution is 0.0946. The van der Waals surface area contributed by atoms with Gasteiger partial charge >= 0.3 is 0 Å². The van der Waals surface area contributed by atoms with E-state index in [-0.39, 0.29) is 11.3 Å². The van der Waals surface area contributed by atoms with Gasteiger partial charge in [-0.2, -0.15) is 0 Å².